The van der Waals surface area contributed by atoms with Crippen LogP contribution >= 0.6 is 53.2 Å². The summed E-state index contributed by atoms with van der Waals surface area (Å²) in [6, 6.07) is 29.6. The van der Waals surface area contributed by atoms with Crippen molar-refractivity contribution in [2.75, 3.05) is 0 Å². The van der Waals surface area contributed by atoms with E-state index in [1.54, 1.807) is 48.5 Å². The Labute approximate surface area is 213 Å². The minimum atomic E-state index is -4.12. The Morgan fingerprint density at radius 2 is 0.727 bits per heavy atom. The van der Waals surface area contributed by atoms with Crippen LogP contribution < -0.4 is 21.2 Å². The SMILES string of the molecule is CC(=O)OP(c1ccc(Cl)cc1)(c1ccc(Cl)cc1)(c1ccc(Cl)cc1)c1ccc(Cl)cc1. The average molecular weight is 536 g/mol. The summed E-state index contributed by atoms with van der Waals surface area (Å²) in [5, 5.41) is 5.48. The summed E-state index contributed by atoms with van der Waals surface area (Å²) in [4.78, 5) is 12.9. The van der Waals surface area contributed by atoms with E-state index < -0.39 is 12.8 Å². The predicted octanol–water partition coefficient (Wildman–Crippen LogP) is 6.93. The van der Waals surface area contributed by atoms with E-state index in [0.29, 0.717) is 20.1 Å². The van der Waals surface area contributed by atoms with Gasteiger partial charge in [-0.05, 0) is 0 Å². The van der Waals surface area contributed by atoms with E-state index in [1.807, 2.05) is 48.5 Å². The molecule has 4 aromatic rings. The molecule has 0 unspecified atom stereocenters. The maximum absolute atomic E-state index is 12.9. The van der Waals surface area contributed by atoms with Crippen LogP contribution in [0.15, 0.2) is 97.1 Å². The first-order chi connectivity index (χ1) is 15.8. The van der Waals surface area contributed by atoms with Crippen LogP contribution in [-0.4, -0.2) is 5.97 Å². The van der Waals surface area contributed by atoms with Crippen molar-refractivity contribution < 1.29 is 9.32 Å². The first-order valence-corrected chi connectivity index (χ1v) is 13.7. The second-order valence-corrected chi connectivity index (χ2v) is 13.6. The van der Waals surface area contributed by atoms with Gasteiger partial charge in [0.15, 0.2) is 0 Å². The Kier molecular flexibility index (Phi) is 6.78. The third kappa shape index (κ3) is 4.05. The van der Waals surface area contributed by atoms with E-state index in [1.165, 1.54) is 6.92 Å². The summed E-state index contributed by atoms with van der Waals surface area (Å²) in [6.07, 6.45) is 0. The van der Waals surface area contributed by atoms with E-state index in [-0.39, 0.29) is 0 Å². The molecule has 0 aliphatic heterocycles. The number of carbonyl (C=O) groups is 1. The van der Waals surface area contributed by atoms with Gasteiger partial charge in [0.2, 0.25) is 0 Å². The van der Waals surface area contributed by atoms with Crippen LogP contribution in [0.3, 0.4) is 0 Å². The van der Waals surface area contributed by atoms with Gasteiger partial charge in [0.25, 0.3) is 0 Å². The number of halogens is 4. The molecule has 0 radical (unpaired) electrons. The summed E-state index contributed by atoms with van der Waals surface area (Å²) in [6.45, 7) is -2.70. The Morgan fingerprint density at radius 3 is 0.909 bits per heavy atom. The molecule has 4 rings (SSSR count). The Bertz CT molecular complexity index is 1090. The molecule has 0 N–H and O–H groups in total. The van der Waals surface area contributed by atoms with E-state index in [2.05, 4.69) is 0 Å². The van der Waals surface area contributed by atoms with Gasteiger partial charge >= 0.3 is 214 Å². The standard InChI is InChI=1S/C26H19Cl4O2P/c1-18(31)32-33(23-10-2-19(27)3-11-23,24-12-4-20(28)5-13-24,25-14-6-21(29)7-15-25)26-16-8-22(30)9-17-26/h2-17H,1H3. The molecule has 0 aromatic heterocycles. The van der Waals surface area contributed by atoms with Crippen molar-refractivity contribution in [3.8, 4) is 0 Å². The van der Waals surface area contributed by atoms with Crippen LogP contribution in [0.25, 0.3) is 0 Å². The van der Waals surface area contributed by atoms with E-state index >= 15 is 0 Å². The number of hydrogen-bond donors (Lipinski definition) is 0. The first kappa shape index (κ1) is 24.1. The van der Waals surface area contributed by atoms with Gasteiger partial charge in [-0.15, -0.1) is 0 Å². The second kappa shape index (κ2) is 9.29. The van der Waals surface area contributed by atoms with Gasteiger partial charge in [-0.2, -0.15) is 0 Å². The van der Waals surface area contributed by atoms with Gasteiger partial charge in [0.05, 0.1) is 0 Å². The molecule has 0 fully saturated rings. The molecule has 0 spiro atoms. The number of hydrogen-bond acceptors (Lipinski definition) is 2. The summed E-state index contributed by atoms with van der Waals surface area (Å²) >= 11 is 25.1. The number of carbonyl (C=O) groups excluding carboxylic acids is 1. The molecule has 0 bridgehead atoms. The topological polar surface area (TPSA) is 26.3 Å². The van der Waals surface area contributed by atoms with Gasteiger partial charge in [0.1, 0.15) is 0 Å². The van der Waals surface area contributed by atoms with Crippen molar-refractivity contribution >= 4 is 80.4 Å². The summed E-state index contributed by atoms with van der Waals surface area (Å²) in [7, 11) is 0. The maximum atomic E-state index is 12.9. The average Bonchev–Trinajstić information content (AvgIpc) is 2.79. The monoisotopic (exact) mass is 534 g/mol. The zero-order chi connectivity index (χ0) is 23.7. The number of rotatable bonds is 5. The van der Waals surface area contributed by atoms with Crippen molar-refractivity contribution in [3.63, 3.8) is 0 Å². The van der Waals surface area contributed by atoms with Gasteiger partial charge in [-0.3, -0.25) is 0 Å². The molecule has 0 aliphatic carbocycles. The molecule has 0 atom stereocenters. The van der Waals surface area contributed by atoms with E-state index in [0.717, 1.165) is 21.2 Å². The van der Waals surface area contributed by atoms with Crippen molar-refractivity contribution in [3.05, 3.63) is 117 Å². The van der Waals surface area contributed by atoms with Crippen LogP contribution in [-0.2, 0) is 9.32 Å². The fraction of sp³-hybridized carbons (Fsp3) is 0.0385. The van der Waals surface area contributed by atoms with Crippen molar-refractivity contribution in [1.29, 1.82) is 0 Å². The fourth-order valence-electron chi connectivity index (χ4n) is 4.26. The zero-order valence-corrected chi connectivity index (χ0v) is 21.4. The zero-order valence-electron chi connectivity index (χ0n) is 17.5. The van der Waals surface area contributed by atoms with E-state index in [4.69, 9.17) is 50.9 Å². The van der Waals surface area contributed by atoms with Crippen molar-refractivity contribution in [2.24, 2.45) is 0 Å². The third-order valence-electron chi connectivity index (χ3n) is 5.59. The molecule has 7 heteroatoms. The molecular weight excluding hydrogens is 517 g/mol. The summed E-state index contributed by atoms with van der Waals surface area (Å²) in [5.41, 5.74) is 0. The first-order valence-electron chi connectivity index (χ1n) is 10.0. The molecule has 2 nitrogen and oxygen atoms in total. The quantitative estimate of drug-likeness (QED) is 0.259. The molecule has 0 aliphatic rings. The molecule has 33 heavy (non-hydrogen) atoms. The van der Waals surface area contributed by atoms with Crippen LogP contribution in [0.1, 0.15) is 6.92 Å². The summed E-state index contributed by atoms with van der Waals surface area (Å²) < 4.78 is 6.65. The van der Waals surface area contributed by atoms with Crippen molar-refractivity contribution in [2.45, 2.75) is 6.92 Å². The Morgan fingerprint density at radius 1 is 0.515 bits per heavy atom. The molecule has 4 aromatic carbocycles. The van der Waals surface area contributed by atoms with Crippen LogP contribution in [0.5, 0.6) is 0 Å². The van der Waals surface area contributed by atoms with Gasteiger partial charge in [-0.1, -0.05) is 0 Å². The Hall–Kier alpha value is -2.06. The second-order valence-electron chi connectivity index (χ2n) is 7.52. The molecular formula is C26H19Cl4O2P. The molecule has 0 amide bonds. The van der Waals surface area contributed by atoms with Crippen LogP contribution in [0.2, 0.25) is 20.1 Å². The Balaban J connectivity index is 2.30. The third-order valence-corrected chi connectivity index (χ3v) is 12.4. The normalized spacial score (nSPS) is 12.6. The van der Waals surface area contributed by atoms with Gasteiger partial charge in [-0.25, -0.2) is 0 Å². The van der Waals surface area contributed by atoms with Crippen LogP contribution in [0, 0.1) is 0 Å². The van der Waals surface area contributed by atoms with Crippen molar-refractivity contribution in [1.82, 2.24) is 0 Å². The minimum absolute atomic E-state index is 0.428. The fourth-order valence-corrected chi connectivity index (χ4v) is 10.4. The predicted molar refractivity (Wildman–Crippen MR) is 143 cm³/mol. The van der Waals surface area contributed by atoms with E-state index in [9.17, 15) is 4.79 Å². The van der Waals surface area contributed by atoms with Gasteiger partial charge < -0.3 is 0 Å². The molecule has 0 saturated heterocycles. The van der Waals surface area contributed by atoms with Crippen LogP contribution in [0.4, 0.5) is 0 Å². The van der Waals surface area contributed by atoms with Gasteiger partial charge in [0, 0.05) is 0 Å². The molecule has 0 saturated carbocycles. The number of benzene rings is 4. The summed E-state index contributed by atoms with van der Waals surface area (Å²) in [5.74, 6) is -0.428. The molecule has 168 valence electrons. The molecule has 0 heterocycles.